The second-order valence-corrected chi connectivity index (χ2v) is 6.04. The van der Waals surface area contributed by atoms with Gasteiger partial charge in [0.15, 0.2) is 0 Å². The molecule has 2 aliphatic heterocycles. The van der Waals surface area contributed by atoms with Crippen molar-refractivity contribution in [1.29, 1.82) is 0 Å². The molecule has 96 valence electrons. The largest absolute Gasteiger partial charge is 0.334 e. The zero-order chi connectivity index (χ0) is 12.5. The van der Waals surface area contributed by atoms with Gasteiger partial charge in [-0.3, -0.25) is 9.69 Å². The van der Waals surface area contributed by atoms with Crippen LogP contribution in [0.15, 0.2) is 30.2 Å². The quantitative estimate of drug-likeness (QED) is 0.776. The van der Waals surface area contributed by atoms with Crippen molar-refractivity contribution in [2.75, 3.05) is 13.1 Å². The van der Waals surface area contributed by atoms with Crippen LogP contribution in [0.3, 0.4) is 0 Å². The summed E-state index contributed by atoms with van der Waals surface area (Å²) < 4.78 is 0. The number of fused-ring (bicyclic) bond motifs is 1. The Morgan fingerprint density at radius 2 is 2.39 bits per heavy atom. The van der Waals surface area contributed by atoms with Gasteiger partial charge in [-0.25, -0.2) is 0 Å². The average molecular weight is 262 g/mol. The summed E-state index contributed by atoms with van der Waals surface area (Å²) >= 11 is 1.80. The minimum atomic E-state index is 0.292. The van der Waals surface area contributed by atoms with Crippen molar-refractivity contribution in [1.82, 2.24) is 9.80 Å². The lowest BCUT2D eigenvalue weighted by Crippen LogP contribution is -2.37. The van der Waals surface area contributed by atoms with Crippen LogP contribution in [0.1, 0.15) is 17.7 Å². The molecule has 1 aromatic rings. The first-order valence-electron chi connectivity index (χ1n) is 6.46. The summed E-state index contributed by atoms with van der Waals surface area (Å²) in [6, 6.07) is 5.10. The summed E-state index contributed by atoms with van der Waals surface area (Å²) in [5.74, 6) is 0.292. The molecule has 1 amide bonds. The Balaban J connectivity index is 1.70. The van der Waals surface area contributed by atoms with Crippen LogP contribution in [0, 0.1) is 0 Å². The van der Waals surface area contributed by atoms with Crippen molar-refractivity contribution in [3.63, 3.8) is 0 Å². The summed E-state index contributed by atoms with van der Waals surface area (Å²) in [6.07, 6.45) is 3.63. The molecule has 0 spiro atoms. The summed E-state index contributed by atoms with van der Waals surface area (Å²) in [4.78, 5) is 17.8. The molecular formula is C14H18N2OS. The average Bonchev–Trinajstić information content (AvgIpc) is 3.03. The van der Waals surface area contributed by atoms with Gasteiger partial charge in [0.2, 0.25) is 5.91 Å². The van der Waals surface area contributed by atoms with Crippen molar-refractivity contribution in [2.45, 2.75) is 31.5 Å². The van der Waals surface area contributed by atoms with E-state index in [0.29, 0.717) is 31.0 Å². The molecule has 0 N–H and O–H groups in total. The van der Waals surface area contributed by atoms with Gasteiger partial charge in [0, 0.05) is 43.0 Å². The molecule has 2 aliphatic rings. The van der Waals surface area contributed by atoms with Crippen LogP contribution < -0.4 is 0 Å². The maximum absolute atomic E-state index is 12.0. The first-order chi connectivity index (χ1) is 8.79. The van der Waals surface area contributed by atoms with Crippen LogP contribution in [0.2, 0.25) is 0 Å². The fourth-order valence-corrected chi connectivity index (χ4v) is 3.91. The van der Waals surface area contributed by atoms with Crippen molar-refractivity contribution < 1.29 is 4.79 Å². The zero-order valence-corrected chi connectivity index (χ0v) is 11.2. The van der Waals surface area contributed by atoms with Crippen molar-refractivity contribution in [3.8, 4) is 0 Å². The monoisotopic (exact) mass is 262 g/mol. The van der Waals surface area contributed by atoms with Gasteiger partial charge in [-0.15, -0.1) is 17.9 Å². The fraction of sp³-hybridized carbons (Fsp3) is 0.500. The topological polar surface area (TPSA) is 23.6 Å². The van der Waals surface area contributed by atoms with E-state index in [1.54, 1.807) is 11.3 Å². The fourth-order valence-electron chi connectivity index (χ4n) is 3.18. The standard InChI is InChI=1S/C14H18N2OS/c1-2-6-16-12-5-7-15(13(12)9-14(16)17)10-11-4-3-8-18-11/h2-4,8,12-13H,1,5-7,9-10H2/t12-,13-/m0/s1. The molecular weight excluding hydrogens is 244 g/mol. The van der Waals surface area contributed by atoms with Crippen molar-refractivity contribution in [3.05, 3.63) is 35.0 Å². The minimum absolute atomic E-state index is 0.292. The molecule has 0 bridgehead atoms. The molecule has 3 heterocycles. The molecule has 0 radical (unpaired) electrons. The van der Waals surface area contributed by atoms with Gasteiger partial charge in [0.05, 0.1) is 0 Å². The van der Waals surface area contributed by atoms with E-state index >= 15 is 0 Å². The highest BCUT2D eigenvalue weighted by atomic mass is 32.1. The number of likely N-dealkylation sites (tertiary alicyclic amines) is 2. The number of carbonyl (C=O) groups is 1. The minimum Gasteiger partial charge on any atom is -0.334 e. The number of hydrogen-bond donors (Lipinski definition) is 0. The molecule has 1 aromatic heterocycles. The number of rotatable bonds is 4. The number of thiophene rings is 1. The lowest BCUT2D eigenvalue weighted by Gasteiger charge is -2.24. The normalized spacial score (nSPS) is 27.8. The summed E-state index contributed by atoms with van der Waals surface area (Å²) in [5, 5.41) is 2.12. The molecule has 0 saturated carbocycles. The summed E-state index contributed by atoms with van der Waals surface area (Å²) in [7, 11) is 0. The number of hydrogen-bond acceptors (Lipinski definition) is 3. The van der Waals surface area contributed by atoms with Gasteiger partial charge in [-0.1, -0.05) is 12.1 Å². The predicted molar refractivity (Wildman–Crippen MR) is 73.4 cm³/mol. The second-order valence-electron chi connectivity index (χ2n) is 5.01. The zero-order valence-electron chi connectivity index (χ0n) is 10.4. The van der Waals surface area contributed by atoms with Gasteiger partial charge >= 0.3 is 0 Å². The van der Waals surface area contributed by atoms with Gasteiger partial charge in [0.1, 0.15) is 0 Å². The number of nitrogens with zero attached hydrogens (tertiary/aromatic N) is 2. The van der Waals surface area contributed by atoms with Crippen LogP contribution in [-0.4, -0.2) is 40.9 Å². The van der Waals surface area contributed by atoms with Gasteiger partial charge < -0.3 is 4.90 Å². The molecule has 2 fully saturated rings. The van der Waals surface area contributed by atoms with Crippen LogP contribution >= 0.6 is 11.3 Å². The Bertz CT molecular complexity index is 443. The van der Waals surface area contributed by atoms with Gasteiger partial charge in [-0.05, 0) is 17.9 Å². The van der Waals surface area contributed by atoms with E-state index in [9.17, 15) is 4.79 Å². The Morgan fingerprint density at radius 1 is 1.50 bits per heavy atom. The first-order valence-corrected chi connectivity index (χ1v) is 7.34. The lowest BCUT2D eigenvalue weighted by atomic mass is 10.1. The third-order valence-corrected chi connectivity index (χ3v) is 4.86. The molecule has 2 saturated heterocycles. The van der Waals surface area contributed by atoms with Crippen LogP contribution in [0.4, 0.5) is 0 Å². The maximum Gasteiger partial charge on any atom is 0.224 e. The third-order valence-electron chi connectivity index (χ3n) is 3.99. The van der Waals surface area contributed by atoms with Crippen LogP contribution in [-0.2, 0) is 11.3 Å². The van der Waals surface area contributed by atoms with E-state index in [0.717, 1.165) is 19.5 Å². The molecule has 3 rings (SSSR count). The van der Waals surface area contributed by atoms with Crippen LogP contribution in [0.5, 0.6) is 0 Å². The van der Waals surface area contributed by atoms with E-state index in [1.165, 1.54) is 4.88 Å². The Kier molecular flexibility index (Phi) is 3.22. The van der Waals surface area contributed by atoms with E-state index < -0.39 is 0 Å². The van der Waals surface area contributed by atoms with E-state index in [1.807, 2.05) is 11.0 Å². The smallest absolute Gasteiger partial charge is 0.224 e. The third kappa shape index (κ3) is 1.99. The highest BCUT2D eigenvalue weighted by Crippen LogP contribution is 2.33. The Labute approximate surface area is 112 Å². The summed E-state index contributed by atoms with van der Waals surface area (Å²) in [6.45, 7) is 6.55. The highest BCUT2D eigenvalue weighted by Gasteiger charge is 2.45. The first kappa shape index (κ1) is 11.9. The highest BCUT2D eigenvalue weighted by molar-refractivity contribution is 7.09. The predicted octanol–water partition coefficient (Wildman–Crippen LogP) is 2.11. The van der Waals surface area contributed by atoms with Crippen LogP contribution in [0.25, 0.3) is 0 Å². The molecule has 18 heavy (non-hydrogen) atoms. The van der Waals surface area contributed by atoms with Crippen molar-refractivity contribution >= 4 is 17.2 Å². The van der Waals surface area contributed by atoms with Gasteiger partial charge in [0.25, 0.3) is 0 Å². The molecule has 3 nitrogen and oxygen atoms in total. The molecule has 0 unspecified atom stereocenters. The maximum atomic E-state index is 12.0. The molecule has 0 aromatic carbocycles. The summed E-state index contributed by atoms with van der Waals surface area (Å²) in [5.41, 5.74) is 0. The Hall–Kier alpha value is -1.13. The lowest BCUT2D eigenvalue weighted by molar-refractivity contribution is -0.128. The molecule has 0 aliphatic carbocycles. The second kappa shape index (κ2) is 4.86. The van der Waals surface area contributed by atoms with E-state index in [4.69, 9.17) is 0 Å². The molecule has 2 atom stereocenters. The van der Waals surface area contributed by atoms with E-state index in [-0.39, 0.29) is 0 Å². The SMILES string of the molecule is C=CCN1C(=O)C[C@H]2[C@@H]1CCN2Cc1cccs1. The van der Waals surface area contributed by atoms with E-state index in [2.05, 4.69) is 29.0 Å². The Morgan fingerprint density at radius 3 is 3.11 bits per heavy atom. The molecule has 4 heteroatoms. The number of carbonyl (C=O) groups excluding carboxylic acids is 1. The number of amides is 1. The van der Waals surface area contributed by atoms with Gasteiger partial charge in [-0.2, -0.15) is 0 Å². The van der Waals surface area contributed by atoms with Crippen molar-refractivity contribution in [2.24, 2.45) is 0 Å².